The topological polar surface area (TPSA) is 129 Å². The largest absolute Gasteiger partial charge is 0.490 e. The first-order chi connectivity index (χ1) is 16.3. The third-order valence-electron chi connectivity index (χ3n) is 7.75. The number of nitro groups is 1. The van der Waals surface area contributed by atoms with Gasteiger partial charge in [0.25, 0.3) is 0 Å². The third kappa shape index (κ3) is 3.95. The zero-order valence-corrected chi connectivity index (χ0v) is 19.2. The molecule has 2 unspecified atom stereocenters. The summed E-state index contributed by atoms with van der Waals surface area (Å²) in [5.74, 6) is -0.0243. The maximum atomic E-state index is 13.6. The van der Waals surface area contributed by atoms with Gasteiger partial charge in [-0.3, -0.25) is 4.79 Å². The highest BCUT2D eigenvalue weighted by molar-refractivity contribution is 5.96. The average molecular weight is 468 g/mol. The molecule has 180 valence electrons. The molecule has 10 heteroatoms. The maximum Gasteiger partial charge on any atom is 0.490 e. The first-order valence-corrected chi connectivity index (χ1v) is 12.0. The van der Waals surface area contributed by atoms with Gasteiger partial charge in [0.1, 0.15) is 0 Å². The fourth-order valence-electron chi connectivity index (χ4n) is 6.66. The van der Waals surface area contributed by atoms with Crippen molar-refractivity contribution in [3.05, 3.63) is 46.3 Å². The van der Waals surface area contributed by atoms with Crippen LogP contribution in [0.3, 0.4) is 0 Å². The number of nitrogens with one attached hydrogen (secondary N) is 1. The summed E-state index contributed by atoms with van der Waals surface area (Å²) in [6.45, 7) is 2.43. The number of ether oxygens (including phenoxy) is 1. The van der Waals surface area contributed by atoms with Crippen LogP contribution in [0, 0.1) is 27.4 Å². The molecule has 1 aromatic heterocycles. The highest BCUT2D eigenvalue weighted by Crippen LogP contribution is 2.64. The fourth-order valence-corrected chi connectivity index (χ4v) is 6.66. The fraction of sp³-hybridized carbons (Fsp3) is 0.583. The summed E-state index contributed by atoms with van der Waals surface area (Å²) in [6.07, 6.45) is 8.29. The molecule has 1 amide bonds. The minimum atomic E-state index is -0.581. The van der Waals surface area contributed by atoms with Crippen LogP contribution in [-0.2, 0) is 15.1 Å². The molecule has 34 heavy (non-hydrogen) atoms. The number of hydrogen-bond donors (Lipinski definition) is 1. The molecule has 1 aromatic carbocycles. The Hall–Kier alpha value is -3.30. The van der Waals surface area contributed by atoms with E-state index in [1.54, 1.807) is 28.9 Å². The van der Waals surface area contributed by atoms with E-state index in [1.165, 1.54) is 6.33 Å². The lowest BCUT2D eigenvalue weighted by Crippen LogP contribution is -2.60. The summed E-state index contributed by atoms with van der Waals surface area (Å²) < 4.78 is 6.90. The number of esters is 1. The van der Waals surface area contributed by atoms with Gasteiger partial charge in [0.2, 0.25) is 12.2 Å². The second kappa shape index (κ2) is 8.48. The normalized spacial score (nSPS) is 29.1. The monoisotopic (exact) mass is 467 g/mol. The van der Waals surface area contributed by atoms with Crippen molar-refractivity contribution in [2.24, 2.45) is 17.3 Å². The van der Waals surface area contributed by atoms with Gasteiger partial charge in [-0.25, -0.2) is 4.79 Å². The summed E-state index contributed by atoms with van der Waals surface area (Å²) >= 11 is 0. The Labute approximate surface area is 197 Å². The van der Waals surface area contributed by atoms with E-state index in [1.807, 2.05) is 6.92 Å². The van der Waals surface area contributed by atoms with Gasteiger partial charge < -0.3 is 20.2 Å². The highest BCUT2D eigenvalue weighted by Gasteiger charge is 2.62. The van der Waals surface area contributed by atoms with Gasteiger partial charge in [-0.1, -0.05) is 18.3 Å². The molecule has 4 saturated carbocycles. The minimum absolute atomic E-state index is 0.0288. The molecular weight excluding hydrogens is 438 g/mol. The predicted octanol–water partition coefficient (Wildman–Crippen LogP) is 4.08. The first-order valence-electron chi connectivity index (χ1n) is 12.0. The van der Waals surface area contributed by atoms with E-state index in [0.29, 0.717) is 36.1 Å². The van der Waals surface area contributed by atoms with Crippen LogP contribution >= 0.6 is 0 Å². The van der Waals surface area contributed by atoms with E-state index in [9.17, 15) is 19.7 Å². The lowest BCUT2D eigenvalue weighted by Gasteiger charge is -2.60. The van der Waals surface area contributed by atoms with Gasteiger partial charge in [-0.05, 0) is 86.0 Å². The van der Waals surface area contributed by atoms with Crippen molar-refractivity contribution in [2.75, 3.05) is 11.9 Å². The zero-order chi connectivity index (χ0) is 23.9. The van der Waals surface area contributed by atoms with E-state index in [2.05, 4.69) is 15.4 Å². The Bertz CT molecular complexity index is 1100. The number of unbranched alkanes of at least 4 members (excludes halogenated alkanes) is 1. The molecule has 0 saturated heterocycles. The maximum absolute atomic E-state index is 13.6. The molecule has 2 atom stereocenters. The number of carbonyl (C=O) groups is 2. The molecule has 1 N–H and O–H groups in total. The summed E-state index contributed by atoms with van der Waals surface area (Å²) in [5, 5.41) is 18.3. The summed E-state index contributed by atoms with van der Waals surface area (Å²) in [6, 6.07) is 6.79. The number of amides is 1. The van der Waals surface area contributed by atoms with E-state index in [-0.39, 0.29) is 11.9 Å². The summed E-state index contributed by atoms with van der Waals surface area (Å²) in [7, 11) is 0. The van der Waals surface area contributed by atoms with Crippen molar-refractivity contribution in [1.29, 1.82) is 0 Å². The van der Waals surface area contributed by atoms with Crippen molar-refractivity contribution < 1.29 is 19.2 Å². The van der Waals surface area contributed by atoms with E-state index in [4.69, 9.17) is 4.74 Å². The van der Waals surface area contributed by atoms with Crippen LogP contribution < -0.4 is 5.32 Å². The molecule has 1 heterocycles. The standard InChI is InChI=1S/C24H29N5O5/c1-2-3-8-34-20(30)18-4-6-19(7-5-18)26-21(31)23-10-16-9-17(11-23)13-24(12-16,14-23)28-15-25-22(27-28)29(32)33/h4-7,15-17H,2-3,8-14H2,1H3,(H,26,31). The second-order valence-corrected chi connectivity index (χ2v) is 10.2. The van der Waals surface area contributed by atoms with Gasteiger partial charge in [0, 0.05) is 10.8 Å². The van der Waals surface area contributed by atoms with Crippen molar-refractivity contribution in [2.45, 2.75) is 63.8 Å². The van der Waals surface area contributed by atoms with Crippen LogP contribution in [0.15, 0.2) is 30.6 Å². The first kappa shape index (κ1) is 22.5. The lowest BCUT2D eigenvalue weighted by atomic mass is 9.46. The Morgan fingerprint density at radius 2 is 1.91 bits per heavy atom. The SMILES string of the molecule is CCCCOC(=O)c1ccc(NC(=O)C23CC4CC(C2)CC(n2cnc([N+](=O)[O-])n2)(C4)C3)cc1. The molecule has 10 nitrogen and oxygen atoms in total. The van der Waals surface area contributed by atoms with Crippen LogP contribution in [0.25, 0.3) is 0 Å². The zero-order valence-electron chi connectivity index (χ0n) is 19.2. The van der Waals surface area contributed by atoms with Crippen LogP contribution in [-0.4, -0.2) is 38.2 Å². The number of aromatic nitrogens is 3. The molecule has 0 spiro atoms. The predicted molar refractivity (Wildman–Crippen MR) is 122 cm³/mol. The van der Waals surface area contributed by atoms with E-state index in [0.717, 1.165) is 44.9 Å². The number of benzene rings is 1. The van der Waals surface area contributed by atoms with Crippen molar-refractivity contribution in [3.8, 4) is 0 Å². The summed E-state index contributed by atoms with van der Waals surface area (Å²) in [4.78, 5) is 40.1. The molecule has 0 aliphatic heterocycles. The number of carbonyl (C=O) groups excluding carboxylic acids is 2. The highest BCUT2D eigenvalue weighted by atomic mass is 16.6. The molecule has 2 aromatic rings. The Morgan fingerprint density at radius 3 is 2.53 bits per heavy atom. The van der Waals surface area contributed by atoms with Crippen LogP contribution in [0.5, 0.6) is 0 Å². The number of hydrogen-bond acceptors (Lipinski definition) is 7. The van der Waals surface area contributed by atoms with Gasteiger partial charge in [-0.15, -0.1) is 0 Å². The molecule has 0 radical (unpaired) electrons. The Kier molecular flexibility index (Phi) is 5.61. The van der Waals surface area contributed by atoms with Gasteiger partial charge in [0.05, 0.1) is 23.1 Å². The van der Waals surface area contributed by atoms with Gasteiger partial charge in [0.15, 0.2) is 0 Å². The number of rotatable bonds is 8. The van der Waals surface area contributed by atoms with Crippen LogP contribution in [0.4, 0.5) is 11.6 Å². The molecule has 4 fully saturated rings. The van der Waals surface area contributed by atoms with Crippen molar-refractivity contribution >= 4 is 23.5 Å². The Morgan fingerprint density at radius 1 is 1.21 bits per heavy atom. The Balaban J connectivity index is 1.32. The second-order valence-electron chi connectivity index (χ2n) is 10.2. The third-order valence-corrected chi connectivity index (χ3v) is 7.75. The molecule has 4 aliphatic carbocycles. The average Bonchev–Trinajstić information content (AvgIpc) is 3.31. The van der Waals surface area contributed by atoms with E-state index >= 15 is 0 Å². The molecule has 6 rings (SSSR count). The van der Waals surface area contributed by atoms with Gasteiger partial charge >= 0.3 is 11.9 Å². The quantitative estimate of drug-likeness (QED) is 0.268. The summed E-state index contributed by atoms with van der Waals surface area (Å²) in [5.41, 5.74) is 0.143. The molecular formula is C24H29N5O5. The minimum Gasteiger partial charge on any atom is -0.462 e. The molecule has 4 aliphatic rings. The molecule has 4 bridgehead atoms. The smallest absolute Gasteiger partial charge is 0.462 e. The van der Waals surface area contributed by atoms with Crippen molar-refractivity contribution in [3.63, 3.8) is 0 Å². The number of nitrogens with zero attached hydrogens (tertiary/aromatic N) is 4. The van der Waals surface area contributed by atoms with Gasteiger partial charge in [-0.2, -0.15) is 4.68 Å². The van der Waals surface area contributed by atoms with Crippen molar-refractivity contribution in [1.82, 2.24) is 14.8 Å². The number of anilines is 1. The lowest BCUT2D eigenvalue weighted by molar-refractivity contribution is -0.394. The van der Waals surface area contributed by atoms with E-state index < -0.39 is 21.8 Å². The van der Waals surface area contributed by atoms with Crippen LogP contribution in [0.2, 0.25) is 0 Å². The van der Waals surface area contributed by atoms with Crippen LogP contribution in [0.1, 0.15) is 68.6 Å².